The number of aromatic nitrogens is 2. The Hall–Kier alpha value is -9.44. The first-order valence-corrected chi connectivity index (χ1v) is 27.1. The van der Waals surface area contributed by atoms with Gasteiger partial charge in [0.2, 0.25) is 0 Å². The normalized spacial score (nSPS) is 14.2. The lowest BCUT2D eigenvalue weighted by Crippen LogP contribution is -2.14. The van der Waals surface area contributed by atoms with Crippen LogP contribution in [-0.4, -0.2) is 9.13 Å². The van der Waals surface area contributed by atoms with Crippen molar-refractivity contribution >= 4 is 76.1 Å². The quantitative estimate of drug-likeness (QED) is 0.158. The molecule has 0 saturated carbocycles. The van der Waals surface area contributed by atoms with Gasteiger partial charge in [0.05, 0.1) is 22.4 Å². The molecular weight excluding hydrogens is 933 g/mol. The van der Waals surface area contributed by atoms with E-state index in [2.05, 4.69) is 267 Å². The number of hydrogen-bond acceptors (Lipinski definition) is 1. The Kier molecular flexibility index (Phi) is 8.42. The molecule has 2 aliphatic carbocycles. The zero-order valence-corrected chi connectivity index (χ0v) is 43.2. The molecule has 0 N–H and O–H groups in total. The summed E-state index contributed by atoms with van der Waals surface area (Å²) in [4.78, 5) is 0. The van der Waals surface area contributed by atoms with E-state index in [1.807, 2.05) is 0 Å². The highest BCUT2D eigenvalue weighted by Crippen LogP contribution is 2.57. The summed E-state index contributed by atoms with van der Waals surface area (Å²) in [6.45, 7) is 9.65. The van der Waals surface area contributed by atoms with Crippen LogP contribution in [0, 0.1) is 0 Å². The molecule has 3 heteroatoms. The van der Waals surface area contributed by atoms with Crippen LogP contribution in [0.15, 0.2) is 235 Å². The van der Waals surface area contributed by atoms with Gasteiger partial charge in [-0.05, 0) is 155 Å². The second-order valence-corrected chi connectivity index (χ2v) is 22.7. The molecule has 12 aromatic carbocycles. The molecule has 0 atom stereocenters. The Bertz CT molecular complexity index is 4820. The Morgan fingerprint density at radius 3 is 1.39 bits per heavy atom. The molecule has 77 heavy (non-hydrogen) atoms. The number of furan rings is 1. The van der Waals surface area contributed by atoms with E-state index in [1.54, 1.807) is 0 Å². The van der Waals surface area contributed by atoms with Crippen LogP contribution in [0.25, 0.3) is 143 Å². The Labute approximate surface area is 445 Å². The van der Waals surface area contributed by atoms with Gasteiger partial charge in [-0.3, -0.25) is 0 Å². The summed E-state index contributed by atoms with van der Waals surface area (Å²) in [7, 11) is 0. The molecule has 0 radical (unpaired) electrons. The first-order chi connectivity index (χ1) is 37.7. The fraction of sp³-hybridized carbons (Fsp3) is 0.0811. The molecule has 0 amide bonds. The molecule has 0 fully saturated rings. The Balaban J connectivity index is 0.976. The molecule has 0 bridgehead atoms. The van der Waals surface area contributed by atoms with E-state index in [9.17, 15) is 0 Å². The predicted octanol–water partition coefficient (Wildman–Crippen LogP) is 20.0. The van der Waals surface area contributed by atoms with Crippen molar-refractivity contribution in [1.29, 1.82) is 0 Å². The van der Waals surface area contributed by atoms with Crippen LogP contribution < -0.4 is 0 Å². The highest BCUT2D eigenvalue weighted by molar-refractivity contribution is 6.31. The molecule has 2 aliphatic rings. The molecule has 15 aromatic rings. The van der Waals surface area contributed by atoms with Crippen LogP contribution in [0.1, 0.15) is 49.9 Å². The van der Waals surface area contributed by atoms with Gasteiger partial charge in [-0.1, -0.05) is 191 Å². The number of hydrogen-bond donors (Lipinski definition) is 0. The van der Waals surface area contributed by atoms with Crippen LogP contribution in [0.5, 0.6) is 0 Å². The minimum absolute atomic E-state index is 0.213. The largest absolute Gasteiger partial charge is 0.456 e. The highest BCUT2D eigenvalue weighted by atomic mass is 16.3. The molecular formula is C74H50N2O. The van der Waals surface area contributed by atoms with Crippen molar-refractivity contribution < 1.29 is 4.42 Å². The zero-order valence-electron chi connectivity index (χ0n) is 43.2. The first-order valence-electron chi connectivity index (χ1n) is 27.1. The number of fused-ring (bicyclic) bond motifs is 13. The first kappa shape index (κ1) is 42.9. The van der Waals surface area contributed by atoms with Crippen LogP contribution in [0.2, 0.25) is 0 Å². The maximum absolute atomic E-state index is 6.50. The second-order valence-electron chi connectivity index (χ2n) is 22.7. The lowest BCUT2D eigenvalue weighted by atomic mass is 9.80. The van der Waals surface area contributed by atoms with E-state index in [4.69, 9.17) is 4.42 Å². The van der Waals surface area contributed by atoms with Gasteiger partial charge < -0.3 is 13.6 Å². The average molecular weight is 983 g/mol. The molecule has 17 rings (SSSR count). The molecule has 0 unspecified atom stereocenters. The van der Waals surface area contributed by atoms with Crippen molar-refractivity contribution in [2.45, 2.75) is 38.5 Å². The van der Waals surface area contributed by atoms with Crippen molar-refractivity contribution in [1.82, 2.24) is 9.13 Å². The van der Waals surface area contributed by atoms with Crippen LogP contribution in [0.4, 0.5) is 0 Å². The van der Waals surface area contributed by atoms with E-state index >= 15 is 0 Å². The summed E-state index contributed by atoms with van der Waals surface area (Å²) in [5, 5.41) is 12.4. The third kappa shape index (κ3) is 5.60. The van der Waals surface area contributed by atoms with Crippen molar-refractivity contribution in [3.8, 4) is 67.3 Å². The van der Waals surface area contributed by atoms with E-state index in [0.717, 1.165) is 21.9 Å². The van der Waals surface area contributed by atoms with Gasteiger partial charge in [0.15, 0.2) is 0 Å². The lowest BCUT2D eigenvalue weighted by Gasteiger charge is -2.22. The topological polar surface area (TPSA) is 23.0 Å². The summed E-state index contributed by atoms with van der Waals surface area (Å²) < 4.78 is 11.5. The molecule has 3 aromatic heterocycles. The van der Waals surface area contributed by atoms with Crippen LogP contribution >= 0.6 is 0 Å². The van der Waals surface area contributed by atoms with Gasteiger partial charge in [-0.2, -0.15) is 0 Å². The zero-order chi connectivity index (χ0) is 51.1. The number of rotatable bonds is 5. The standard InChI is InChI=1S/C74H50N2O/c1-73(2)60-26-14-11-22-53(60)71-69(73)58-40-44(32-38-62(58)75(71)46-18-7-5-8-19-46)56-42-57(45-33-39-63-59(41-45)70-72(76(63)47-20-9-6-10-21-47)54-23-12-15-27-61(54)74(70,3)4)52-37-36-50-48(34-30-43-31-35-51(56)68(52)66(43)50)49-25-17-29-65-67(49)55-24-13-16-28-64(55)77-65/h5-42H,1-4H3. The van der Waals surface area contributed by atoms with Gasteiger partial charge >= 0.3 is 0 Å². The third-order valence-electron chi connectivity index (χ3n) is 18.0. The number of para-hydroxylation sites is 3. The smallest absolute Gasteiger partial charge is 0.136 e. The lowest BCUT2D eigenvalue weighted by molar-refractivity contribution is 0.666. The summed E-state index contributed by atoms with van der Waals surface area (Å²) >= 11 is 0. The average Bonchev–Trinajstić information content (AvgIpc) is 4.40. The predicted molar refractivity (Wildman–Crippen MR) is 323 cm³/mol. The SMILES string of the molecule is CC1(C)c2ccccc2-c2c1c1cc(-c3cc(-c4ccc5c(c4)c4c(n5-c5ccccc5)-c5ccccc5C4(C)C)c4ccc5c(-c6cccc7oc8ccccc8c67)ccc6ccc3c4c65)ccc1n2-c1ccccc1. The van der Waals surface area contributed by atoms with Crippen LogP contribution in [0.3, 0.4) is 0 Å². The van der Waals surface area contributed by atoms with Gasteiger partial charge in [0, 0.05) is 54.9 Å². The number of benzene rings is 12. The maximum Gasteiger partial charge on any atom is 0.136 e. The van der Waals surface area contributed by atoms with E-state index < -0.39 is 0 Å². The Morgan fingerprint density at radius 2 is 0.792 bits per heavy atom. The fourth-order valence-electron chi connectivity index (χ4n) is 14.7. The molecule has 0 saturated heterocycles. The summed E-state index contributed by atoms with van der Waals surface area (Å²) in [5.74, 6) is 0. The number of nitrogens with zero attached hydrogens (tertiary/aromatic N) is 2. The summed E-state index contributed by atoms with van der Waals surface area (Å²) in [6, 6.07) is 86.3. The monoisotopic (exact) mass is 982 g/mol. The molecule has 3 nitrogen and oxygen atoms in total. The molecule has 3 heterocycles. The van der Waals surface area contributed by atoms with Gasteiger partial charge in [0.25, 0.3) is 0 Å². The third-order valence-corrected chi connectivity index (χ3v) is 18.0. The van der Waals surface area contributed by atoms with Crippen LogP contribution in [-0.2, 0) is 10.8 Å². The van der Waals surface area contributed by atoms with Crippen molar-refractivity contribution in [2.24, 2.45) is 0 Å². The highest BCUT2D eigenvalue weighted by Gasteiger charge is 2.42. The van der Waals surface area contributed by atoms with Crippen molar-refractivity contribution in [3.63, 3.8) is 0 Å². The van der Waals surface area contributed by atoms with Crippen molar-refractivity contribution in [2.75, 3.05) is 0 Å². The van der Waals surface area contributed by atoms with Crippen molar-refractivity contribution in [3.05, 3.63) is 253 Å². The Morgan fingerprint density at radius 1 is 0.312 bits per heavy atom. The van der Waals surface area contributed by atoms with E-state index in [1.165, 1.54) is 144 Å². The van der Waals surface area contributed by atoms with Gasteiger partial charge in [0.1, 0.15) is 11.2 Å². The summed E-state index contributed by atoms with van der Waals surface area (Å²) in [6.07, 6.45) is 0. The van der Waals surface area contributed by atoms with E-state index in [0.29, 0.717) is 0 Å². The van der Waals surface area contributed by atoms with Gasteiger partial charge in [-0.15, -0.1) is 0 Å². The molecule has 362 valence electrons. The molecule has 0 spiro atoms. The minimum atomic E-state index is -0.213. The fourth-order valence-corrected chi connectivity index (χ4v) is 14.7. The molecule has 0 aliphatic heterocycles. The second kappa shape index (κ2) is 15.1. The minimum Gasteiger partial charge on any atom is -0.456 e. The van der Waals surface area contributed by atoms with E-state index in [-0.39, 0.29) is 10.8 Å². The summed E-state index contributed by atoms with van der Waals surface area (Å²) in [5.41, 5.74) is 24.2. The van der Waals surface area contributed by atoms with Gasteiger partial charge in [-0.25, -0.2) is 0 Å². The maximum atomic E-state index is 6.50.